The summed E-state index contributed by atoms with van der Waals surface area (Å²) in [5.41, 5.74) is 1.10. The molecule has 5 nitrogen and oxygen atoms in total. The molecule has 2 aromatic rings. The van der Waals surface area contributed by atoms with E-state index in [1.807, 2.05) is 0 Å². The molecule has 1 atom stereocenters. The molecule has 1 unspecified atom stereocenters. The van der Waals surface area contributed by atoms with Crippen LogP contribution in [0.3, 0.4) is 0 Å². The van der Waals surface area contributed by atoms with E-state index in [1.54, 1.807) is 43.3 Å². The van der Waals surface area contributed by atoms with E-state index in [9.17, 15) is 19.1 Å². The molecule has 1 aliphatic rings. The Balaban J connectivity index is 1.88. The molecule has 3 rings (SSSR count). The highest BCUT2D eigenvalue weighted by Gasteiger charge is 2.41. The van der Waals surface area contributed by atoms with E-state index in [0.29, 0.717) is 37.3 Å². The second kappa shape index (κ2) is 7.88. The first-order chi connectivity index (χ1) is 12.9. The monoisotopic (exact) mass is 371 g/mol. The van der Waals surface area contributed by atoms with Crippen LogP contribution in [0.5, 0.6) is 0 Å². The van der Waals surface area contributed by atoms with Gasteiger partial charge in [0.2, 0.25) is 5.91 Å². The van der Waals surface area contributed by atoms with Crippen LogP contribution in [-0.2, 0) is 19.7 Å². The van der Waals surface area contributed by atoms with Gasteiger partial charge < -0.3 is 15.2 Å². The number of carbonyl (C=O) groups is 2. The van der Waals surface area contributed by atoms with Gasteiger partial charge in [-0.2, -0.15) is 0 Å². The molecule has 0 aliphatic carbocycles. The molecule has 2 N–H and O–H groups in total. The third kappa shape index (κ3) is 4.01. The van der Waals surface area contributed by atoms with Gasteiger partial charge in [-0.1, -0.05) is 24.3 Å². The third-order valence-corrected chi connectivity index (χ3v) is 5.19. The molecule has 27 heavy (non-hydrogen) atoms. The number of ether oxygens (including phenoxy) is 1. The van der Waals surface area contributed by atoms with Gasteiger partial charge in [0.1, 0.15) is 5.82 Å². The first kappa shape index (κ1) is 19.0. The van der Waals surface area contributed by atoms with Crippen molar-refractivity contribution in [2.45, 2.75) is 31.1 Å². The van der Waals surface area contributed by atoms with Crippen molar-refractivity contribution in [2.75, 3.05) is 18.5 Å². The maximum Gasteiger partial charge on any atom is 0.310 e. The topological polar surface area (TPSA) is 75.6 Å². The Morgan fingerprint density at radius 2 is 1.81 bits per heavy atom. The highest BCUT2D eigenvalue weighted by molar-refractivity contribution is 5.99. The molecule has 2 aromatic carbocycles. The number of benzene rings is 2. The van der Waals surface area contributed by atoms with Gasteiger partial charge in [-0.15, -0.1) is 0 Å². The van der Waals surface area contributed by atoms with Gasteiger partial charge >= 0.3 is 5.97 Å². The summed E-state index contributed by atoms with van der Waals surface area (Å²) < 4.78 is 18.8. The van der Waals surface area contributed by atoms with Crippen LogP contribution in [0, 0.1) is 5.82 Å². The molecular formula is C21H22FNO4. The van der Waals surface area contributed by atoms with Crippen LogP contribution in [0.25, 0.3) is 0 Å². The number of anilines is 1. The summed E-state index contributed by atoms with van der Waals surface area (Å²) in [4.78, 5) is 24.4. The van der Waals surface area contributed by atoms with Crippen LogP contribution in [-0.4, -0.2) is 30.2 Å². The van der Waals surface area contributed by atoms with Crippen LogP contribution in [0.1, 0.15) is 36.8 Å². The van der Waals surface area contributed by atoms with Crippen molar-refractivity contribution in [1.29, 1.82) is 0 Å². The minimum atomic E-state index is -0.925. The molecule has 1 saturated heterocycles. The predicted molar refractivity (Wildman–Crippen MR) is 99.3 cm³/mol. The fraction of sp³-hybridized carbons (Fsp3) is 0.333. The number of hydrogen-bond acceptors (Lipinski definition) is 3. The Bertz CT molecular complexity index is 828. The van der Waals surface area contributed by atoms with Crippen LogP contribution in [0.2, 0.25) is 0 Å². The van der Waals surface area contributed by atoms with Crippen molar-refractivity contribution < 1.29 is 23.8 Å². The zero-order valence-electron chi connectivity index (χ0n) is 15.1. The maximum atomic E-state index is 13.3. The highest BCUT2D eigenvalue weighted by Crippen LogP contribution is 2.36. The molecule has 1 fully saturated rings. The summed E-state index contributed by atoms with van der Waals surface area (Å²) in [6.07, 6.45) is 0.991. The molecule has 0 aromatic heterocycles. The first-order valence-corrected chi connectivity index (χ1v) is 8.90. The van der Waals surface area contributed by atoms with E-state index in [-0.39, 0.29) is 11.7 Å². The van der Waals surface area contributed by atoms with Crippen molar-refractivity contribution in [3.63, 3.8) is 0 Å². The van der Waals surface area contributed by atoms with Gasteiger partial charge in [0.15, 0.2) is 0 Å². The minimum Gasteiger partial charge on any atom is -0.481 e. The number of rotatable bonds is 5. The molecule has 6 heteroatoms. The molecule has 0 bridgehead atoms. The number of hydrogen-bond donors (Lipinski definition) is 2. The van der Waals surface area contributed by atoms with E-state index in [0.717, 1.165) is 5.56 Å². The summed E-state index contributed by atoms with van der Waals surface area (Å²) in [6.45, 7) is 2.49. The van der Waals surface area contributed by atoms with E-state index in [1.165, 1.54) is 12.1 Å². The lowest BCUT2D eigenvalue weighted by Crippen LogP contribution is -2.44. The average Bonchev–Trinajstić information content (AvgIpc) is 2.68. The second-order valence-electron chi connectivity index (χ2n) is 6.84. The summed E-state index contributed by atoms with van der Waals surface area (Å²) in [6, 6.07) is 12.8. The van der Waals surface area contributed by atoms with Crippen molar-refractivity contribution in [2.24, 2.45) is 0 Å². The normalized spacial score (nSPS) is 17.1. The van der Waals surface area contributed by atoms with E-state index in [4.69, 9.17) is 4.74 Å². The molecule has 0 saturated carbocycles. The number of nitrogens with one attached hydrogen (secondary N) is 1. The van der Waals surface area contributed by atoms with Gasteiger partial charge in [0, 0.05) is 18.9 Å². The molecule has 1 heterocycles. The minimum absolute atomic E-state index is 0.197. The Labute approximate surface area is 157 Å². The summed E-state index contributed by atoms with van der Waals surface area (Å²) >= 11 is 0. The standard InChI is InChI=1S/C21H22FNO4/c1-14(19(24)25)15-3-2-4-18(13-15)23-20(26)21(9-11-27-12-10-21)16-5-7-17(22)8-6-16/h2-8,13-14H,9-12H2,1H3,(H,23,26)(H,24,25). The smallest absolute Gasteiger partial charge is 0.310 e. The molecule has 1 amide bonds. The Morgan fingerprint density at radius 3 is 2.44 bits per heavy atom. The van der Waals surface area contributed by atoms with Crippen LogP contribution >= 0.6 is 0 Å². The van der Waals surface area contributed by atoms with Gasteiger partial charge in [0.05, 0.1) is 11.3 Å². The van der Waals surface area contributed by atoms with Crippen molar-refractivity contribution >= 4 is 17.6 Å². The fourth-order valence-electron chi connectivity index (χ4n) is 3.41. The summed E-state index contributed by atoms with van der Waals surface area (Å²) in [7, 11) is 0. The number of carbonyl (C=O) groups excluding carboxylic acids is 1. The maximum absolute atomic E-state index is 13.3. The van der Waals surface area contributed by atoms with E-state index >= 15 is 0 Å². The van der Waals surface area contributed by atoms with E-state index < -0.39 is 17.3 Å². The van der Waals surface area contributed by atoms with Crippen LogP contribution < -0.4 is 5.32 Å². The average molecular weight is 371 g/mol. The fourth-order valence-corrected chi connectivity index (χ4v) is 3.41. The second-order valence-corrected chi connectivity index (χ2v) is 6.84. The lowest BCUT2D eigenvalue weighted by molar-refractivity contribution is -0.138. The SMILES string of the molecule is CC(C(=O)O)c1cccc(NC(=O)C2(c3ccc(F)cc3)CCOCC2)c1. The van der Waals surface area contributed by atoms with Crippen LogP contribution in [0.4, 0.5) is 10.1 Å². The predicted octanol–water partition coefficient (Wildman–Crippen LogP) is 3.70. The lowest BCUT2D eigenvalue weighted by Gasteiger charge is -2.36. The van der Waals surface area contributed by atoms with Crippen molar-refractivity contribution in [3.8, 4) is 0 Å². The largest absolute Gasteiger partial charge is 0.481 e. The molecule has 0 spiro atoms. The zero-order valence-corrected chi connectivity index (χ0v) is 15.1. The molecule has 0 radical (unpaired) electrons. The molecule has 1 aliphatic heterocycles. The quantitative estimate of drug-likeness (QED) is 0.840. The Morgan fingerprint density at radius 1 is 1.15 bits per heavy atom. The van der Waals surface area contributed by atoms with Gasteiger partial charge in [-0.3, -0.25) is 9.59 Å². The van der Waals surface area contributed by atoms with Crippen molar-refractivity contribution in [1.82, 2.24) is 0 Å². The number of amides is 1. The highest BCUT2D eigenvalue weighted by atomic mass is 19.1. The Kier molecular flexibility index (Phi) is 5.56. The number of aliphatic carboxylic acids is 1. The third-order valence-electron chi connectivity index (χ3n) is 5.19. The Hall–Kier alpha value is -2.73. The number of carboxylic acids is 1. The lowest BCUT2D eigenvalue weighted by atomic mass is 9.73. The van der Waals surface area contributed by atoms with Crippen LogP contribution in [0.15, 0.2) is 48.5 Å². The zero-order chi connectivity index (χ0) is 19.4. The first-order valence-electron chi connectivity index (χ1n) is 8.90. The van der Waals surface area contributed by atoms with Gasteiger partial charge in [-0.25, -0.2) is 4.39 Å². The van der Waals surface area contributed by atoms with Gasteiger partial charge in [0.25, 0.3) is 0 Å². The number of halogens is 1. The van der Waals surface area contributed by atoms with Gasteiger partial charge in [-0.05, 0) is 55.2 Å². The summed E-state index contributed by atoms with van der Waals surface area (Å²) in [5, 5.41) is 12.1. The molecular weight excluding hydrogens is 349 g/mol. The van der Waals surface area contributed by atoms with Crippen molar-refractivity contribution in [3.05, 3.63) is 65.5 Å². The molecule has 142 valence electrons. The van der Waals surface area contributed by atoms with E-state index in [2.05, 4.69) is 5.32 Å². The number of carboxylic acid groups (broad SMARTS) is 1. The summed E-state index contributed by atoms with van der Waals surface area (Å²) in [5.74, 6) is -2.14.